The summed E-state index contributed by atoms with van der Waals surface area (Å²) in [6.07, 6.45) is 0. The highest BCUT2D eigenvalue weighted by molar-refractivity contribution is 5.62. The summed E-state index contributed by atoms with van der Waals surface area (Å²) in [4.78, 5) is 3.13. The summed E-state index contributed by atoms with van der Waals surface area (Å²) in [6.45, 7) is 0. The van der Waals surface area contributed by atoms with Gasteiger partial charge >= 0.3 is 11.7 Å². The Morgan fingerprint density at radius 2 is 2.00 bits per heavy atom. The van der Waals surface area contributed by atoms with Crippen molar-refractivity contribution in [1.82, 2.24) is 5.16 Å². The molecule has 100 valence electrons. The summed E-state index contributed by atoms with van der Waals surface area (Å²) in [6, 6.07) is 15.0. The van der Waals surface area contributed by atoms with E-state index in [1.165, 1.54) is 0 Å². The number of anilines is 1. The predicted molar refractivity (Wildman–Crippen MR) is 74.9 cm³/mol. The lowest BCUT2D eigenvalue weighted by molar-refractivity contribution is -0.356. The number of benzene rings is 2. The molecule has 2 aromatic carbocycles. The Labute approximate surface area is 116 Å². The lowest BCUT2D eigenvalue weighted by Crippen LogP contribution is -2.06. The van der Waals surface area contributed by atoms with Crippen LogP contribution < -0.4 is 15.5 Å². The fourth-order valence-electron chi connectivity index (χ4n) is 2.00. The molecule has 5 nitrogen and oxygen atoms in total. The quantitative estimate of drug-likeness (QED) is 0.740. The molecule has 0 aliphatic heterocycles. The lowest BCUT2D eigenvalue weighted by Gasteiger charge is -2.01. The minimum Gasteiger partial charge on any atom is -0.496 e. The molecule has 0 radical (unpaired) electrons. The van der Waals surface area contributed by atoms with Crippen LogP contribution in [-0.4, -0.2) is 12.3 Å². The van der Waals surface area contributed by atoms with Gasteiger partial charge in [0, 0.05) is 5.69 Å². The smallest absolute Gasteiger partial charge is 0.378 e. The third-order valence-electron chi connectivity index (χ3n) is 2.97. The maximum Gasteiger partial charge on any atom is 0.378 e. The molecule has 0 unspecified atom stereocenters. The number of aromatic nitrogens is 2. The maximum absolute atomic E-state index is 5.77. The molecule has 1 heterocycles. The van der Waals surface area contributed by atoms with Crippen molar-refractivity contribution in [1.29, 1.82) is 0 Å². The van der Waals surface area contributed by atoms with E-state index >= 15 is 0 Å². The molecule has 0 amide bonds. The summed E-state index contributed by atoms with van der Waals surface area (Å²) in [5.41, 5.74) is 8.13. The first-order chi connectivity index (χ1) is 9.78. The first kappa shape index (κ1) is 12.2. The number of ether oxygens (including phenoxy) is 1. The molecule has 0 aliphatic rings. The van der Waals surface area contributed by atoms with Crippen molar-refractivity contribution in [2.24, 2.45) is 0 Å². The highest BCUT2D eigenvalue weighted by Gasteiger charge is 2.21. The number of nitrogens with two attached hydrogens (primary N) is 1. The van der Waals surface area contributed by atoms with Gasteiger partial charge in [0.1, 0.15) is 11.3 Å². The molecule has 1 aromatic heterocycles. The maximum atomic E-state index is 5.77. The molecule has 5 heteroatoms. The Morgan fingerprint density at radius 1 is 1.15 bits per heavy atom. The van der Waals surface area contributed by atoms with Crippen LogP contribution in [0.15, 0.2) is 53.1 Å². The van der Waals surface area contributed by atoms with E-state index in [1.54, 1.807) is 7.11 Å². The standard InChI is InChI=1S/C15H13N3O2/c1-19-13-8-3-2-7-12(13)15-17-14(18-20-15)10-5-4-6-11(16)9-10/h2-9H,16H2,1H3/p+1. The van der Waals surface area contributed by atoms with Gasteiger partial charge in [0.05, 0.1) is 12.7 Å². The van der Waals surface area contributed by atoms with Gasteiger partial charge in [0.25, 0.3) is 0 Å². The van der Waals surface area contributed by atoms with Crippen LogP contribution in [0.5, 0.6) is 5.75 Å². The number of nitrogens with one attached hydrogen (secondary N) is 1. The molecular formula is C15H14N3O2+. The Kier molecular flexibility index (Phi) is 3.09. The van der Waals surface area contributed by atoms with Crippen LogP contribution in [0.2, 0.25) is 0 Å². The molecule has 0 fully saturated rings. The van der Waals surface area contributed by atoms with Crippen molar-refractivity contribution >= 4 is 5.69 Å². The van der Waals surface area contributed by atoms with Gasteiger partial charge in [-0.15, -0.1) is 0 Å². The molecule has 3 aromatic rings. The Bertz CT molecular complexity index is 737. The van der Waals surface area contributed by atoms with Crippen molar-refractivity contribution in [2.75, 3.05) is 12.8 Å². The van der Waals surface area contributed by atoms with Gasteiger partial charge in [-0.05, 0) is 30.3 Å². The molecule has 0 saturated heterocycles. The van der Waals surface area contributed by atoms with E-state index in [9.17, 15) is 0 Å². The van der Waals surface area contributed by atoms with Crippen LogP contribution in [0.3, 0.4) is 0 Å². The molecule has 0 bridgehead atoms. The highest BCUT2D eigenvalue weighted by atomic mass is 16.5. The number of nitrogen functional groups attached to an aromatic ring is 1. The zero-order valence-corrected chi connectivity index (χ0v) is 11.0. The Balaban J connectivity index is 2.02. The van der Waals surface area contributed by atoms with Crippen LogP contribution in [0.25, 0.3) is 22.8 Å². The minimum atomic E-state index is 0.542. The van der Waals surface area contributed by atoms with Crippen molar-refractivity contribution in [2.45, 2.75) is 0 Å². The third kappa shape index (κ3) is 2.21. The lowest BCUT2D eigenvalue weighted by atomic mass is 10.2. The zero-order valence-electron chi connectivity index (χ0n) is 11.0. The van der Waals surface area contributed by atoms with E-state index in [-0.39, 0.29) is 0 Å². The summed E-state index contributed by atoms with van der Waals surface area (Å²) >= 11 is 0. The zero-order chi connectivity index (χ0) is 13.9. The highest BCUT2D eigenvalue weighted by Crippen LogP contribution is 2.27. The fourth-order valence-corrected chi connectivity index (χ4v) is 2.00. The topological polar surface area (TPSA) is 75.4 Å². The number of hydrogen-bond acceptors (Lipinski definition) is 4. The van der Waals surface area contributed by atoms with Gasteiger partial charge in [-0.25, -0.2) is 4.52 Å². The van der Waals surface area contributed by atoms with Gasteiger partial charge < -0.3 is 10.5 Å². The normalized spacial score (nSPS) is 10.4. The first-order valence-corrected chi connectivity index (χ1v) is 6.16. The molecule has 0 aliphatic carbocycles. The van der Waals surface area contributed by atoms with Crippen molar-refractivity contribution in [3.8, 4) is 28.6 Å². The summed E-state index contributed by atoms with van der Waals surface area (Å²) in [7, 11) is 1.62. The van der Waals surface area contributed by atoms with Crippen LogP contribution in [0.4, 0.5) is 5.69 Å². The van der Waals surface area contributed by atoms with Gasteiger partial charge in [-0.1, -0.05) is 18.2 Å². The van der Waals surface area contributed by atoms with Crippen molar-refractivity contribution in [3.05, 3.63) is 48.5 Å². The SMILES string of the molecule is COc1ccccc1-c1[nH+]c(-c2cccc(N)c2)no1. The van der Waals surface area contributed by atoms with E-state index in [4.69, 9.17) is 15.0 Å². The van der Waals surface area contributed by atoms with E-state index < -0.39 is 0 Å². The van der Waals surface area contributed by atoms with Gasteiger partial charge in [0.15, 0.2) is 5.16 Å². The van der Waals surface area contributed by atoms with Crippen LogP contribution in [-0.2, 0) is 0 Å². The van der Waals surface area contributed by atoms with Gasteiger partial charge in [-0.2, -0.15) is 4.98 Å². The number of methoxy groups -OCH3 is 1. The molecule has 0 spiro atoms. The molecular weight excluding hydrogens is 254 g/mol. The molecule has 20 heavy (non-hydrogen) atoms. The van der Waals surface area contributed by atoms with E-state index in [0.717, 1.165) is 16.9 Å². The second-order valence-electron chi connectivity index (χ2n) is 4.31. The van der Waals surface area contributed by atoms with E-state index in [2.05, 4.69) is 10.1 Å². The largest absolute Gasteiger partial charge is 0.496 e. The number of H-pyrrole nitrogens is 1. The second-order valence-corrected chi connectivity index (χ2v) is 4.31. The average molecular weight is 268 g/mol. The Morgan fingerprint density at radius 3 is 2.80 bits per heavy atom. The number of hydrogen-bond donors (Lipinski definition) is 1. The first-order valence-electron chi connectivity index (χ1n) is 6.16. The molecule has 3 N–H and O–H groups in total. The fraction of sp³-hybridized carbons (Fsp3) is 0.0667. The van der Waals surface area contributed by atoms with E-state index in [0.29, 0.717) is 17.4 Å². The van der Waals surface area contributed by atoms with Crippen LogP contribution >= 0.6 is 0 Å². The average Bonchev–Trinajstić information content (AvgIpc) is 2.97. The summed E-state index contributed by atoms with van der Waals surface area (Å²) in [5, 5.41) is 4.04. The van der Waals surface area contributed by atoms with Crippen LogP contribution in [0, 0.1) is 0 Å². The van der Waals surface area contributed by atoms with Crippen LogP contribution in [0.1, 0.15) is 0 Å². The summed E-state index contributed by atoms with van der Waals surface area (Å²) < 4.78 is 10.7. The monoisotopic (exact) mass is 268 g/mol. The number of rotatable bonds is 3. The summed E-state index contributed by atoms with van der Waals surface area (Å²) in [5.74, 6) is 1.89. The van der Waals surface area contributed by atoms with E-state index in [1.807, 2.05) is 48.5 Å². The molecule has 0 atom stereocenters. The second kappa shape index (κ2) is 5.05. The van der Waals surface area contributed by atoms with Gasteiger partial charge in [0.2, 0.25) is 0 Å². The third-order valence-corrected chi connectivity index (χ3v) is 2.97. The van der Waals surface area contributed by atoms with Crippen molar-refractivity contribution < 1.29 is 14.2 Å². The Hall–Kier alpha value is -2.82. The number of para-hydroxylation sites is 1. The minimum absolute atomic E-state index is 0.542. The number of aromatic amines is 1. The van der Waals surface area contributed by atoms with Crippen molar-refractivity contribution in [3.63, 3.8) is 0 Å². The number of nitrogens with zero attached hydrogens (tertiary/aromatic N) is 1. The van der Waals surface area contributed by atoms with Gasteiger partial charge in [-0.3, -0.25) is 0 Å². The predicted octanol–water partition coefficient (Wildman–Crippen LogP) is 2.41. The molecule has 0 saturated carbocycles. The molecule has 3 rings (SSSR count).